The summed E-state index contributed by atoms with van der Waals surface area (Å²) >= 11 is 0. The number of benzene rings is 1. The lowest BCUT2D eigenvalue weighted by atomic mass is 9.90. The smallest absolute Gasteiger partial charge is 0.213 e. The highest BCUT2D eigenvalue weighted by Gasteiger charge is 2.22. The Labute approximate surface area is 118 Å². The average molecular weight is 270 g/mol. The highest BCUT2D eigenvalue weighted by molar-refractivity contribution is 5.70. The molecule has 0 aliphatic carbocycles. The first-order valence-corrected chi connectivity index (χ1v) is 6.77. The lowest BCUT2D eigenvalue weighted by Gasteiger charge is -2.27. The summed E-state index contributed by atoms with van der Waals surface area (Å²) in [4.78, 5) is 4.16. The van der Waals surface area contributed by atoms with Crippen molar-refractivity contribution in [3.63, 3.8) is 0 Å². The third-order valence-corrected chi connectivity index (χ3v) is 3.70. The van der Waals surface area contributed by atoms with Crippen molar-refractivity contribution in [1.82, 2.24) is 4.98 Å². The van der Waals surface area contributed by atoms with E-state index in [0.717, 1.165) is 12.0 Å². The van der Waals surface area contributed by atoms with Gasteiger partial charge in [-0.2, -0.15) is 0 Å². The minimum Gasteiger partial charge on any atom is -0.481 e. The van der Waals surface area contributed by atoms with Gasteiger partial charge in [0.05, 0.1) is 19.8 Å². The van der Waals surface area contributed by atoms with E-state index in [4.69, 9.17) is 15.2 Å². The molecule has 4 nitrogen and oxygen atoms in total. The van der Waals surface area contributed by atoms with Crippen molar-refractivity contribution in [2.75, 3.05) is 20.3 Å². The lowest BCUT2D eigenvalue weighted by Crippen LogP contribution is -2.23. The SMILES string of the molecule is COc1cc(-c2cccc3c2CCO[C@@H]3CN)ccn1. The Morgan fingerprint density at radius 1 is 1.40 bits per heavy atom. The van der Waals surface area contributed by atoms with Crippen LogP contribution in [0.15, 0.2) is 36.5 Å². The molecular weight excluding hydrogens is 252 g/mol. The van der Waals surface area contributed by atoms with Crippen molar-refractivity contribution in [3.8, 4) is 17.0 Å². The molecule has 104 valence electrons. The molecule has 0 spiro atoms. The van der Waals surface area contributed by atoms with Crippen molar-refractivity contribution >= 4 is 0 Å². The molecule has 1 aromatic heterocycles. The summed E-state index contributed by atoms with van der Waals surface area (Å²) in [5.74, 6) is 0.627. The second-order valence-corrected chi connectivity index (χ2v) is 4.81. The molecule has 2 N–H and O–H groups in total. The van der Waals surface area contributed by atoms with E-state index in [2.05, 4.69) is 23.2 Å². The van der Waals surface area contributed by atoms with Gasteiger partial charge in [0.25, 0.3) is 0 Å². The number of fused-ring (bicyclic) bond motifs is 1. The molecular formula is C16H18N2O2. The topological polar surface area (TPSA) is 57.4 Å². The first kappa shape index (κ1) is 13.1. The predicted octanol–water partition coefficient (Wildman–Crippen LogP) is 2.33. The number of hydrogen-bond acceptors (Lipinski definition) is 4. The number of methoxy groups -OCH3 is 1. The van der Waals surface area contributed by atoms with E-state index >= 15 is 0 Å². The summed E-state index contributed by atoms with van der Waals surface area (Å²) in [6, 6.07) is 10.3. The molecule has 4 heteroatoms. The van der Waals surface area contributed by atoms with E-state index in [-0.39, 0.29) is 6.10 Å². The van der Waals surface area contributed by atoms with Gasteiger partial charge in [-0.25, -0.2) is 4.98 Å². The molecule has 0 bridgehead atoms. The van der Waals surface area contributed by atoms with Crippen LogP contribution in [0.25, 0.3) is 11.1 Å². The monoisotopic (exact) mass is 270 g/mol. The number of aromatic nitrogens is 1. The van der Waals surface area contributed by atoms with Gasteiger partial charge in [0.15, 0.2) is 0 Å². The van der Waals surface area contributed by atoms with Gasteiger partial charge in [-0.3, -0.25) is 0 Å². The van der Waals surface area contributed by atoms with E-state index in [0.29, 0.717) is 19.0 Å². The van der Waals surface area contributed by atoms with Crippen molar-refractivity contribution in [1.29, 1.82) is 0 Å². The number of nitrogens with two attached hydrogens (primary N) is 1. The molecule has 20 heavy (non-hydrogen) atoms. The molecule has 3 rings (SSSR count). The summed E-state index contributed by atoms with van der Waals surface area (Å²) < 4.78 is 10.9. The van der Waals surface area contributed by atoms with Crippen LogP contribution in [-0.2, 0) is 11.2 Å². The minimum absolute atomic E-state index is 0.00225. The minimum atomic E-state index is 0.00225. The zero-order valence-electron chi connectivity index (χ0n) is 11.5. The number of hydrogen-bond donors (Lipinski definition) is 1. The maximum Gasteiger partial charge on any atom is 0.213 e. The van der Waals surface area contributed by atoms with Crippen LogP contribution in [0.3, 0.4) is 0 Å². The molecule has 0 fully saturated rings. The van der Waals surface area contributed by atoms with Gasteiger partial charge < -0.3 is 15.2 Å². The summed E-state index contributed by atoms with van der Waals surface area (Å²) in [6.45, 7) is 1.23. The molecule has 0 saturated carbocycles. The first-order chi connectivity index (χ1) is 9.83. The summed E-state index contributed by atoms with van der Waals surface area (Å²) in [5, 5.41) is 0. The highest BCUT2D eigenvalue weighted by Crippen LogP contribution is 2.34. The summed E-state index contributed by atoms with van der Waals surface area (Å²) in [7, 11) is 1.63. The predicted molar refractivity (Wildman–Crippen MR) is 77.7 cm³/mol. The van der Waals surface area contributed by atoms with Gasteiger partial charge in [-0.15, -0.1) is 0 Å². The number of rotatable bonds is 3. The average Bonchev–Trinajstić information content (AvgIpc) is 2.53. The molecule has 0 saturated heterocycles. The van der Waals surface area contributed by atoms with Crippen molar-refractivity contribution in [2.45, 2.75) is 12.5 Å². The van der Waals surface area contributed by atoms with Crippen LogP contribution >= 0.6 is 0 Å². The van der Waals surface area contributed by atoms with Crippen LogP contribution in [0.1, 0.15) is 17.2 Å². The van der Waals surface area contributed by atoms with Crippen LogP contribution in [0.4, 0.5) is 0 Å². The Morgan fingerprint density at radius 3 is 3.10 bits per heavy atom. The van der Waals surface area contributed by atoms with Gasteiger partial charge in [-0.05, 0) is 34.7 Å². The molecule has 2 aromatic rings. The normalized spacial score (nSPS) is 17.6. The van der Waals surface area contributed by atoms with Gasteiger partial charge in [0.1, 0.15) is 0 Å². The third-order valence-electron chi connectivity index (χ3n) is 3.70. The molecule has 1 aromatic carbocycles. The lowest BCUT2D eigenvalue weighted by molar-refractivity contribution is 0.0486. The zero-order valence-corrected chi connectivity index (χ0v) is 11.5. The van der Waals surface area contributed by atoms with E-state index in [9.17, 15) is 0 Å². The van der Waals surface area contributed by atoms with E-state index in [1.807, 2.05) is 12.1 Å². The maximum absolute atomic E-state index is 5.80. The third kappa shape index (κ3) is 2.28. The highest BCUT2D eigenvalue weighted by atomic mass is 16.5. The Balaban J connectivity index is 2.10. The fourth-order valence-corrected chi connectivity index (χ4v) is 2.73. The second kappa shape index (κ2) is 5.61. The van der Waals surface area contributed by atoms with E-state index < -0.39 is 0 Å². The fourth-order valence-electron chi connectivity index (χ4n) is 2.73. The van der Waals surface area contributed by atoms with Crippen LogP contribution in [0.5, 0.6) is 5.88 Å². The Hall–Kier alpha value is -1.91. The van der Waals surface area contributed by atoms with Gasteiger partial charge in [-0.1, -0.05) is 18.2 Å². The molecule has 0 radical (unpaired) electrons. The van der Waals surface area contributed by atoms with Crippen LogP contribution in [0, 0.1) is 0 Å². The molecule has 1 aliphatic heterocycles. The summed E-state index contributed by atoms with van der Waals surface area (Å²) in [5.41, 5.74) is 10.7. The summed E-state index contributed by atoms with van der Waals surface area (Å²) in [6.07, 6.45) is 2.68. The molecule has 2 heterocycles. The zero-order chi connectivity index (χ0) is 13.9. The van der Waals surface area contributed by atoms with Gasteiger partial charge in [0, 0.05) is 18.8 Å². The van der Waals surface area contributed by atoms with Crippen molar-refractivity contribution in [2.24, 2.45) is 5.73 Å². The van der Waals surface area contributed by atoms with Crippen LogP contribution in [-0.4, -0.2) is 25.2 Å². The number of nitrogens with zero attached hydrogens (tertiary/aromatic N) is 1. The maximum atomic E-state index is 5.80. The molecule has 1 atom stereocenters. The fraction of sp³-hybridized carbons (Fsp3) is 0.312. The van der Waals surface area contributed by atoms with Crippen molar-refractivity contribution in [3.05, 3.63) is 47.7 Å². The second-order valence-electron chi connectivity index (χ2n) is 4.81. The van der Waals surface area contributed by atoms with Gasteiger partial charge in [0.2, 0.25) is 5.88 Å². The van der Waals surface area contributed by atoms with Gasteiger partial charge >= 0.3 is 0 Å². The largest absolute Gasteiger partial charge is 0.481 e. The Bertz CT molecular complexity index is 613. The van der Waals surface area contributed by atoms with Crippen LogP contribution < -0.4 is 10.5 Å². The van der Waals surface area contributed by atoms with Crippen molar-refractivity contribution < 1.29 is 9.47 Å². The Kier molecular flexibility index (Phi) is 3.67. The Morgan fingerprint density at radius 2 is 2.30 bits per heavy atom. The van der Waals surface area contributed by atoms with E-state index in [1.54, 1.807) is 13.3 Å². The first-order valence-electron chi connectivity index (χ1n) is 6.77. The quantitative estimate of drug-likeness (QED) is 0.930. The molecule has 1 aliphatic rings. The number of ether oxygens (including phenoxy) is 2. The number of pyridine rings is 1. The van der Waals surface area contributed by atoms with E-state index in [1.165, 1.54) is 16.7 Å². The van der Waals surface area contributed by atoms with Crippen LogP contribution in [0.2, 0.25) is 0 Å². The molecule has 0 amide bonds. The molecule has 0 unspecified atom stereocenters. The standard InChI is InChI=1S/C16H18N2O2/c1-19-16-9-11(5-7-18-16)12-3-2-4-14-13(12)6-8-20-15(14)10-17/h2-5,7,9,15H,6,8,10,17H2,1H3/t15-/m1/s1.